The van der Waals surface area contributed by atoms with Gasteiger partial charge in [0.05, 0.1) is 13.0 Å². The molecule has 0 radical (unpaired) electrons. The number of benzene rings is 1. The van der Waals surface area contributed by atoms with Gasteiger partial charge in [0, 0.05) is 16.7 Å². The monoisotopic (exact) mass is 269 g/mol. The second-order valence-electron chi connectivity index (χ2n) is 3.52. The van der Waals surface area contributed by atoms with Crippen molar-refractivity contribution in [3.8, 4) is 0 Å². The molecule has 0 spiro atoms. The molecule has 0 aliphatic carbocycles. The van der Waals surface area contributed by atoms with Crippen LogP contribution in [0, 0.1) is 0 Å². The highest BCUT2D eigenvalue weighted by Crippen LogP contribution is 2.34. The largest absolute Gasteiger partial charge is 0.469 e. The van der Waals surface area contributed by atoms with Crippen molar-refractivity contribution in [2.45, 2.75) is 12.3 Å². The Bertz CT molecular complexity index is 392. The van der Waals surface area contributed by atoms with Gasteiger partial charge in [-0.05, 0) is 30.2 Å². The summed E-state index contributed by atoms with van der Waals surface area (Å²) >= 11 is 3.41. The molecule has 0 amide bonds. The molecule has 0 bridgehead atoms. The van der Waals surface area contributed by atoms with Crippen LogP contribution in [0.25, 0.3) is 0 Å². The average molecular weight is 270 g/mol. The summed E-state index contributed by atoms with van der Waals surface area (Å²) in [4.78, 5) is 11.6. The number of hydrogen-bond donors (Lipinski definition) is 1. The van der Waals surface area contributed by atoms with Crippen molar-refractivity contribution in [2.24, 2.45) is 0 Å². The lowest BCUT2D eigenvalue weighted by Gasteiger charge is -2.24. The maximum Gasteiger partial charge on any atom is 0.313 e. The number of anilines is 1. The second-order valence-corrected chi connectivity index (χ2v) is 4.44. The molecule has 15 heavy (non-hydrogen) atoms. The lowest BCUT2D eigenvalue weighted by molar-refractivity contribution is -0.142. The standard InChI is InChI=1S/C11H12BrNO2/c1-15-11(14)8-4-5-13-10-3-2-7(12)6-9(8)10/h2-3,6,8,13H,4-5H2,1H3/t8-/m1/s1. The Balaban J connectivity index is 2.40. The van der Waals surface area contributed by atoms with Crippen molar-refractivity contribution < 1.29 is 9.53 Å². The van der Waals surface area contributed by atoms with Gasteiger partial charge in [-0.15, -0.1) is 0 Å². The lowest BCUT2D eigenvalue weighted by atomic mass is 9.91. The number of ether oxygens (including phenoxy) is 1. The number of esters is 1. The summed E-state index contributed by atoms with van der Waals surface area (Å²) in [6.07, 6.45) is 0.788. The number of hydrogen-bond acceptors (Lipinski definition) is 3. The predicted molar refractivity (Wildman–Crippen MR) is 62.0 cm³/mol. The highest BCUT2D eigenvalue weighted by molar-refractivity contribution is 9.10. The van der Waals surface area contributed by atoms with Gasteiger partial charge < -0.3 is 10.1 Å². The zero-order chi connectivity index (χ0) is 10.8. The Labute approximate surface area is 96.9 Å². The van der Waals surface area contributed by atoms with Gasteiger partial charge in [0.25, 0.3) is 0 Å². The van der Waals surface area contributed by atoms with Gasteiger partial charge in [-0.1, -0.05) is 15.9 Å². The van der Waals surface area contributed by atoms with E-state index in [1.54, 1.807) is 0 Å². The minimum absolute atomic E-state index is 0.135. The Kier molecular flexibility index (Phi) is 2.95. The van der Waals surface area contributed by atoms with Crippen molar-refractivity contribution >= 4 is 27.6 Å². The molecule has 0 saturated carbocycles. The quantitative estimate of drug-likeness (QED) is 0.797. The maximum atomic E-state index is 11.6. The van der Waals surface area contributed by atoms with Crippen molar-refractivity contribution in [1.29, 1.82) is 0 Å². The molecule has 1 atom stereocenters. The third-order valence-corrected chi connectivity index (χ3v) is 3.12. The Morgan fingerprint density at radius 2 is 2.40 bits per heavy atom. The highest BCUT2D eigenvalue weighted by Gasteiger charge is 2.27. The minimum atomic E-state index is -0.157. The van der Waals surface area contributed by atoms with Crippen LogP contribution in [0.5, 0.6) is 0 Å². The van der Waals surface area contributed by atoms with E-state index in [-0.39, 0.29) is 11.9 Å². The Hall–Kier alpha value is -1.03. The van der Waals surface area contributed by atoms with Crippen LogP contribution in [0.15, 0.2) is 22.7 Å². The van der Waals surface area contributed by atoms with Crippen LogP contribution in [0.4, 0.5) is 5.69 Å². The van der Waals surface area contributed by atoms with Crippen LogP contribution in [0.1, 0.15) is 17.9 Å². The van der Waals surface area contributed by atoms with Crippen LogP contribution in [-0.4, -0.2) is 19.6 Å². The van der Waals surface area contributed by atoms with Crippen molar-refractivity contribution in [1.82, 2.24) is 0 Å². The van der Waals surface area contributed by atoms with E-state index in [2.05, 4.69) is 21.2 Å². The first-order chi connectivity index (χ1) is 7.22. The molecule has 4 heteroatoms. The van der Waals surface area contributed by atoms with Crippen LogP contribution in [0.2, 0.25) is 0 Å². The summed E-state index contributed by atoms with van der Waals surface area (Å²) in [5, 5.41) is 3.27. The first-order valence-corrected chi connectivity index (χ1v) is 5.63. The van der Waals surface area contributed by atoms with Gasteiger partial charge in [0.15, 0.2) is 0 Å². The van der Waals surface area contributed by atoms with Gasteiger partial charge in [-0.2, -0.15) is 0 Å². The first kappa shape index (κ1) is 10.5. The number of nitrogens with one attached hydrogen (secondary N) is 1. The average Bonchev–Trinajstić information content (AvgIpc) is 2.27. The van der Waals surface area contributed by atoms with E-state index in [1.165, 1.54) is 7.11 Å². The van der Waals surface area contributed by atoms with Crippen LogP contribution >= 0.6 is 15.9 Å². The fraction of sp³-hybridized carbons (Fsp3) is 0.364. The van der Waals surface area contributed by atoms with E-state index < -0.39 is 0 Å². The highest BCUT2D eigenvalue weighted by atomic mass is 79.9. The zero-order valence-corrected chi connectivity index (χ0v) is 10.0. The van der Waals surface area contributed by atoms with E-state index in [0.29, 0.717) is 0 Å². The van der Waals surface area contributed by atoms with E-state index in [1.807, 2.05) is 18.2 Å². The molecule has 3 nitrogen and oxygen atoms in total. The molecule has 2 rings (SSSR count). The Morgan fingerprint density at radius 3 is 3.13 bits per heavy atom. The van der Waals surface area contributed by atoms with Crippen molar-refractivity contribution in [3.63, 3.8) is 0 Å². The Morgan fingerprint density at radius 1 is 1.60 bits per heavy atom. The SMILES string of the molecule is COC(=O)[C@@H]1CCNc2ccc(Br)cc21. The molecule has 1 heterocycles. The molecule has 80 valence electrons. The fourth-order valence-corrected chi connectivity index (χ4v) is 2.26. The van der Waals surface area contributed by atoms with E-state index in [0.717, 1.165) is 28.7 Å². The summed E-state index contributed by atoms with van der Waals surface area (Å²) in [6, 6.07) is 5.92. The first-order valence-electron chi connectivity index (χ1n) is 4.83. The summed E-state index contributed by atoms with van der Waals surface area (Å²) in [6.45, 7) is 0.814. The fourth-order valence-electron chi connectivity index (χ4n) is 1.88. The van der Waals surface area contributed by atoms with Crippen LogP contribution in [0.3, 0.4) is 0 Å². The third-order valence-electron chi connectivity index (χ3n) is 2.62. The normalized spacial score (nSPS) is 18.9. The molecular weight excluding hydrogens is 258 g/mol. The summed E-state index contributed by atoms with van der Waals surface area (Å²) in [5.41, 5.74) is 2.04. The van der Waals surface area contributed by atoms with Gasteiger partial charge in [0.2, 0.25) is 0 Å². The molecular formula is C11H12BrNO2. The number of methoxy groups -OCH3 is 1. The molecule has 1 aromatic rings. The molecule has 0 unspecified atom stereocenters. The summed E-state index contributed by atoms with van der Waals surface area (Å²) in [7, 11) is 1.43. The van der Waals surface area contributed by atoms with Gasteiger partial charge in [0.1, 0.15) is 0 Å². The van der Waals surface area contributed by atoms with Crippen molar-refractivity contribution in [2.75, 3.05) is 19.0 Å². The zero-order valence-electron chi connectivity index (χ0n) is 8.42. The third kappa shape index (κ3) is 2.00. The number of carbonyl (C=O) groups excluding carboxylic acids is 1. The number of carbonyl (C=O) groups is 1. The van der Waals surface area contributed by atoms with Crippen LogP contribution in [-0.2, 0) is 9.53 Å². The topological polar surface area (TPSA) is 38.3 Å². The van der Waals surface area contributed by atoms with Gasteiger partial charge in [-0.3, -0.25) is 4.79 Å². The maximum absolute atomic E-state index is 11.6. The summed E-state index contributed by atoms with van der Waals surface area (Å²) in [5.74, 6) is -0.292. The molecule has 1 aliphatic heterocycles. The molecule has 0 saturated heterocycles. The second kappa shape index (κ2) is 4.23. The molecule has 1 aliphatic rings. The molecule has 0 aromatic heterocycles. The molecule has 1 N–H and O–H groups in total. The molecule has 0 fully saturated rings. The van der Waals surface area contributed by atoms with Gasteiger partial charge in [-0.25, -0.2) is 0 Å². The van der Waals surface area contributed by atoms with Crippen LogP contribution < -0.4 is 5.32 Å². The van der Waals surface area contributed by atoms with E-state index >= 15 is 0 Å². The van der Waals surface area contributed by atoms with E-state index in [9.17, 15) is 4.79 Å². The van der Waals surface area contributed by atoms with Crippen molar-refractivity contribution in [3.05, 3.63) is 28.2 Å². The lowest BCUT2D eigenvalue weighted by Crippen LogP contribution is -2.23. The predicted octanol–water partition coefficient (Wildman–Crippen LogP) is 2.52. The molecule has 1 aromatic carbocycles. The number of halogens is 1. The van der Waals surface area contributed by atoms with E-state index in [4.69, 9.17) is 4.74 Å². The van der Waals surface area contributed by atoms with Gasteiger partial charge >= 0.3 is 5.97 Å². The smallest absolute Gasteiger partial charge is 0.313 e. The summed E-state index contributed by atoms with van der Waals surface area (Å²) < 4.78 is 5.79. The number of rotatable bonds is 1. The minimum Gasteiger partial charge on any atom is -0.469 e. The number of fused-ring (bicyclic) bond motifs is 1.